The Morgan fingerprint density at radius 2 is 1.75 bits per heavy atom. The number of anilines is 3. The summed E-state index contributed by atoms with van der Waals surface area (Å²) in [5.74, 6) is -0.218. The summed E-state index contributed by atoms with van der Waals surface area (Å²) in [7, 11) is 0. The molecule has 5 rings (SSSR count). The molecule has 8 heteroatoms. The summed E-state index contributed by atoms with van der Waals surface area (Å²) in [6.07, 6.45) is 2.74. The lowest BCUT2D eigenvalue weighted by Gasteiger charge is -2.43. The summed E-state index contributed by atoms with van der Waals surface area (Å²) in [6.45, 7) is 3.03. The Hall–Kier alpha value is -3.10. The van der Waals surface area contributed by atoms with Gasteiger partial charge in [0.05, 0.1) is 6.10 Å². The zero-order chi connectivity index (χ0) is 22.1. The number of hydrogen-bond donors (Lipinski definition) is 2. The highest BCUT2D eigenvalue weighted by Gasteiger charge is 2.34. The third-order valence-corrected chi connectivity index (χ3v) is 6.29. The molecule has 0 amide bonds. The molecule has 32 heavy (non-hydrogen) atoms. The van der Waals surface area contributed by atoms with Crippen LogP contribution < -0.4 is 10.2 Å². The second kappa shape index (κ2) is 8.80. The maximum Gasteiger partial charge on any atom is 0.135 e. The van der Waals surface area contributed by atoms with Gasteiger partial charge in [-0.2, -0.15) is 0 Å². The first kappa shape index (κ1) is 20.8. The fraction of sp³-hybridized carbons (Fsp3) is 0.333. The molecule has 0 unspecified atom stereocenters. The van der Waals surface area contributed by atoms with E-state index in [0.29, 0.717) is 18.2 Å². The van der Waals surface area contributed by atoms with Crippen molar-refractivity contribution in [3.63, 3.8) is 0 Å². The van der Waals surface area contributed by atoms with Crippen molar-refractivity contribution in [2.45, 2.75) is 31.5 Å². The number of hydrogen-bond acceptors (Lipinski definition) is 6. The van der Waals surface area contributed by atoms with Gasteiger partial charge in [0.1, 0.15) is 29.6 Å². The van der Waals surface area contributed by atoms with E-state index in [1.807, 2.05) is 4.90 Å². The average molecular weight is 437 g/mol. The van der Waals surface area contributed by atoms with Crippen molar-refractivity contribution in [1.82, 2.24) is 14.9 Å². The number of rotatable bonds is 4. The van der Waals surface area contributed by atoms with E-state index in [1.54, 1.807) is 6.07 Å². The van der Waals surface area contributed by atoms with E-state index in [1.165, 1.54) is 29.6 Å². The minimum absolute atomic E-state index is 0.106. The van der Waals surface area contributed by atoms with E-state index in [4.69, 9.17) is 0 Å². The molecule has 6 nitrogen and oxygen atoms in total. The largest absolute Gasteiger partial charge is 0.390 e. The van der Waals surface area contributed by atoms with Gasteiger partial charge in [-0.05, 0) is 36.1 Å². The normalized spacial score (nSPS) is 21.3. The van der Waals surface area contributed by atoms with Crippen LogP contribution in [0.5, 0.6) is 0 Å². The molecular formula is C24H25F2N5O. The number of aromatic nitrogens is 2. The third kappa shape index (κ3) is 4.42. The molecule has 0 bridgehead atoms. The Labute approximate surface area is 185 Å². The van der Waals surface area contributed by atoms with Crippen molar-refractivity contribution in [3.8, 4) is 0 Å². The minimum atomic E-state index is -0.660. The van der Waals surface area contributed by atoms with Crippen LogP contribution in [0.3, 0.4) is 0 Å². The first-order valence-corrected chi connectivity index (χ1v) is 10.8. The van der Waals surface area contributed by atoms with Crippen LogP contribution in [-0.2, 0) is 13.0 Å². The molecule has 3 heterocycles. The molecule has 166 valence electrons. The zero-order valence-corrected chi connectivity index (χ0v) is 17.6. The van der Waals surface area contributed by atoms with E-state index in [0.717, 1.165) is 38.5 Å². The Kier molecular flexibility index (Phi) is 5.71. The molecule has 1 fully saturated rings. The second-order valence-corrected chi connectivity index (χ2v) is 8.40. The summed E-state index contributed by atoms with van der Waals surface area (Å²) in [5.41, 5.74) is 3.01. The lowest BCUT2D eigenvalue weighted by atomic mass is 9.94. The molecular weight excluding hydrogens is 412 g/mol. The van der Waals surface area contributed by atoms with Gasteiger partial charge in [0, 0.05) is 50.0 Å². The van der Waals surface area contributed by atoms with Crippen LogP contribution in [0.15, 0.2) is 54.9 Å². The van der Waals surface area contributed by atoms with Crippen LogP contribution in [0.4, 0.5) is 26.1 Å². The van der Waals surface area contributed by atoms with Crippen LogP contribution in [0.25, 0.3) is 0 Å². The second-order valence-electron chi connectivity index (χ2n) is 8.40. The third-order valence-electron chi connectivity index (χ3n) is 6.29. The molecule has 2 aromatic carbocycles. The zero-order valence-electron chi connectivity index (χ0n) is 17.6. The number of aliphatic hydroxyl groups is 1. The number of aliphatic hydroxyl groups excluding tert-OH is 1. The molecule has 2 N–H and O–H groups in total. The SMILES string of the molecule is O[C@@H]1CN(c2cc(Nc3cc(F)cc(F)c3)ncn2)CC[C@H]1N1CCc2ccccc2C1. The highest BCUT2D eigenvalue weighted by molar-refractivity contribution is 5.59. The Bertz CT molecular complexity index is 1090. The predicted octanol–water partition coefficient (Wildman–Crippen LogP) is 3.50. The van der Waals surface area contributed by atoms with Gasteiger partial charge in [0.2, 0.25) is 0 Å². The van der Waals surface area contributed by atoms with Gasteiger partial charge >= 0.3 is 0 Å². The molecule has 2 aliphatic rings. The number of piperidine rings is 1. The average Bonchev–Trinajstić information content (AvgIpc) is 2.78. The maximum absolute atomic E-state index is 13.5. The van der Waals surface area contributed by atoms with Crippen molar-refractivity contribution in [3.05, 3.63) is 77.6 Å². The Morgan fingerprint density at radius 3 is 2.53 bits per heavy atom. The molecule has 2 aliphatic heterocycles. The quantitative estimate of drug-likeness (QED) is 0.652. The molecule has 0 aliphatic carbocycles. The molecule has 1 saturated heterocycles. The minimum Gasteiger partial charge on any atom is -0.390 e. The Balaban J connectivity index is 1.25. The van der Waals surface area contributed by atoms with Gasteiger partial charge in [0.25, 0.3) is 0 Å². The van der Waals surface area contributed by atoms with E-state index in [9.17, 15) is 13.9 Å². The van der Waals surface area contributed by atoms with Crippen molar-refractivity contribution in [2.24, 2.45) is 0 Å². The smallest absolute Gasteiger partial charge is 0.135 e. The number of β-amino-alcohol motifs (C(OH)–C–C–N with tert-alkyl or cyclic N) is 1. The first-order chi connectivity index (χ1) is 15.5. The molecule has 0 spiro atoms. The summed E-state index contributed by atoms with van der Waals surface area (Å²) in [5, 5.41) is 13.9. The van der Waals surface area contributed by atoms with Gasteiger partial charge < -0.3 is 15.3 Å². The highest BCUT2D eigenvalue weighted by atomic mass is 19.1. The van der Waals surface area contributed by atoms with Crippen LogP contribution in [-0.4, -0.2) is 51.8 Å². The predicted molar refractivity (Wildman–Crippen MR) is 119 cm³/mol. The molecule has 2 atom stereocenters. The van der Waals surface area contributed by atoms with Gasteiger partial charge in [-0.25, -0.2) is 18.7 Å². The van der Waals surface area contributed by atoms with Crippen molar-refractivity contribution in [2.75, 3.05) is 29.9 Å². The Morgan fingerprint density at radius 1 is 0.969 bits per heavy atom. The van der Waals surface area contributed by atoms with Crippen LogP contribution >= 0.6 is 0 Å². The van der Waals surface area contributed by atoms with E-state index < -0.39 is 17.7 Å². The number of nitrogens with one attached hydrogen (secondary N) is 1. The van der Waals surface area contributed by atoms with Gasteiger partial charge in [0.15, 0.2) is 0 Å². The summed E-state index contributed by atoms with van der Waals surface area (Å²) in [4.78, 5) is 12.9. The van der Waals surface area contributed by atoms with E-state index >= 15 is 0 Å². The number of benzene rings is 2. The van der Waals surface area contributed by atoms with Crippen molar-refractivity contribution >= 4 is 17.3 Å². The number of fused-ring (bicyclic) bond motifs is 1. The van der Waals surface area contributed by atoms with Gasteiger partial charge in [-0.3, -0.25) is 4.90 Å². The standard InChI is InChI=1S/C24H25F2N5O/c25-18-9-19(26)11-20(10-18)29-23-12-24(28-15-27-23)31-8-6-21(22(32)14-31)30-7-5-16-3-1-2-4-17(16)13-30/h1-4,9-12,15,21-22,32H,5-8,13-14H2,(H,27,28,29)/t21-,22-/m1/s1. The molecule has 1 aromatic heterocycles. The van der Waals surface area contributed by atoms with E-state index in [-0.39, 0.29) is 11.7 Å². The maximum atomic E-state index is 13.5. The van der Waals surface area contributed by atoms with Crippen LogP contribution in [0.2, 0.25) is 0 Å². The first-order valence-electron chi connectivity index (χ1n) is 10.8. The van der Waals surface area contributed by atoms with Crippen LogP contribution in [0.1, 0.15) is 17.5 Å². The van der Waals surface area contributed by atoms with Crippen molar-refractivity contribution in [1.29, 1.82) is 0 Å². The summed E-state index contributed by atoms with van der Waals surface area (Å²) < 4.78 is 26.9. The number of nitrogens with zero attached hydrogens (tertiary/aromatic N) is 4. The lowest BCUT2D eigenvalue weighted by molar-refractivity contribution is 0.0293. The highest BCUT2D eigenvalue weighted by Crippen LogP contribution is 2.28. The van der Waals surface area contributed by atoms with Crippen LogP contribution in [0, 0.1) is 11.6 Å². The fourth-order valence-corrected chi connectivity index (χ4v) is 4.72. The molecule has 3 aromatic rings. The molecule has 0 radical (unpaired) electrons. The fourth-order valence-electron chi connectivity index (χ4n) is 4.72. The van der Waals surface area contributed by atoms with Gasteiger partial charge in [-0.15, -0.1) is 0 Å². The monoisotopic (exact) mass is 437 g/mol. The number of halogens is 2. The lowest BCUT2D eigenvalue weighted by Crippen LogP contribution is -2.55. The molecule has 0 saturated carbocycles. The summed E-state index contributed by atoms with van der Waals surface area (Å²) >= 11 is 0. The van der Waals surface area contributed by atoms with Gasteiger partial charge in [-0.1, -0.05) is 24.3 Å². The van der Waals surface area contributed by atoms with Crippen molar-refractivity contribution < 1.29 is 13.9 Å². The summed E-state index contributed by atoms with van der Waals surface area (Å²) in [6, 6.07) is 13.6. The topological polar surface area (TPSA) is 64.5 Å². The van der Waals surface area contributed by atoms with E-state index in [2.05, 4.69) is 44.5 Å².